The first kappa shape index (κ1) is 15.9. The number of urea groups is 1. The summed E-state index contributed by atoms with van der Waals surface area (Å²) in [7, 11) is 0. The molecule has 1 unspecified atom stereocenters. The van der Waals surface area contributed by atoms with E-state index in [4.69, 9.17) is 9.26 Å². The van der Waals surface area contributed by atoms with E-state index in [-0.39, 0.29) is 18.0 Å². The molecule has 0 aromatic carbocycles. The minimum absolute atomic E-state index is 0.130. The summed E-state index contributed by atoms with van der Waals surface area (Å²) in [5, 5.41) is 10.0. The summed E-state index contributed by atoms with van der Waals surface area (Å²) in [6.45, 7) is 4.00. The van der Waals surface area contributed by atoms with Gasteiger partial charge in [0.1, 0.15) is 6.04 Å². The third-order valence-electron chi connectivity index (χ3n) is 5.77. The fraction of sp³-hybridized carbons (Fsp3) is 0.824. The van der Waals surface area contributed by atoms with Gasteiger partial charge in [-0.3, -0.25) is 0 Å². The lowest BCUT2D eigenvalue weighted by molar-refractivity contribution is 0.0503. The maximum Gasteiger partial charge on any atom is 0.315 e. The van der Waals surface area contributed by atoms with Crippen LogP contribution >= 0.6 is 0 Å². The molecule has 4 rings (SSSR count). The van der Waals surface area contributed by atoms with Gasteiger partial charge in [-0.05, 0) is 62.7 Å². The number of hydrogen-bond donors (Lipinski definition) is 2. The Kier molecular flexibility index (Phi) is 4.20. The lowest BCUT2D eigenvalue weighted by atomic mass is 9.91. The lowest BCUT2D eigenvalue weighted by Gasteiger charge is -2.28. The Morgan fingerprint density at radius 1 is 1.29 bits per heavy atom. The molecule has 2 heterocycles. The van der Waals surface area contributed by atoms with Crippen LogP contribution in [0, 0.1) is 24.2 Å². The second-order valence-corrected chi connectivity index (χ2v) is 7.57. The van der Waals surface area contributed by atoms with Crippen LogP contribution in [0.3, 0.4) is 0 Å². The van der Waals surface area contributed by atoms with Gasteiger partial charge >= 0.3 is 6.03 Å². The number of nitrogens with zero attached hydrogens (tertiary/aromatic N) is 2. The van der Waals surface area contributed by atoms with Crippen molar-refractivity contribution < 1.29 is 14.1 Å². The molecule has 0 spiro atoms. The largest absolute Gasteiger partial charge is 0.381 e. The van der Waals surface area contributed by atoms with Crippen LogP contribution in [0.25, 0.3) is 0 Å². The Labute approximate surface area is 141 Å². The zero-order valence-electron chi connectivity index (χ0n) is 14.2. The molecular weight excluding hydrogens is 308 g/mol. The summed E-state index contributed by atoms with van der Waals surface area (Å²) in [5.74, 6) is 2.19. The van der Waals surface area contributed by atoms with Gasteiger partial charge in [0.15, 0.2) is 5.82 Å². The quantitative estimate of drug-likeness (QED) is 0.833. The highest BCUT2D eigenvalue weighted by molar-refractivity contribution is 5.74. The average Bonchev–Trinajstić information content (AvgIpc) is 3.50. The average molecular weight is 334 g/mol. The molecule has 2 saturated carbocycles. The predicted octanol–water partition coefficient (Wildman–Crippen LogP) is 2.34. The van der Waals surface area contributed by atoms with E-state index in [9.17, 15) is 4.79 Å². The van der Waals surface area contributed by atoms with Gasteiger partial charge in [-0.15, -0.1) is 0 Å². The minimum atomic E-state index is -0.244. The number of aryl methyl sites for hydroxylation is 1. The van der Waals surface area contributed by atoms with Gasteiger partial charge in [0.25, 0.3) is 0 Å². The Morgan fingerprint density at radius 2 is 2.04 bits per heavy atom. The normalized spacial score (nSPS) is 24.4. The van der Waals surface area contributed by atoms with Crippen LogP contribution in [-0.2, 0) is 4.74 Å². The van der Waals surface area contributed by atoms with Crippen molar-refractivity contribution in [3.05, 3.63) is 11.7 Å². The van der Waals surface area contributed by atoms with Crippen LogP contribution in [-0.4, -0.2) is 35.9 Å². The molecule has 1 aromatic heterocycles. The van der Waals surface area contributed by atoms with E-state index in [0.717, 1.165) is 25.3 Å². The summed E-state index contributed by atoms with van der Waals surface area (Å²) >= 11 is 0. The Morgan fingerprint density at radius 3 is 2.62 bits per heavy atom. The zero-order valence-corrected chi connectivity index (χ0v) is 14.2. The highest BCUT2D eigenvalue weighted by Crippen LogP contribution is 2.60. The van der Waals surface area contributed by atoms with E-state index in [1.807, 2.05) is 0 Å². The number of nitrogens with one attached hydrogen (secondary N) is 2. The van der Waals surface area contributed by atoms with Gasteiger partial charge in [-0.1, -0.05) is 5.16 Å². The first-order valence-corrected chi connectivity index (χ1v) is 9.09. The van der Waals surface area contributed by atoms with Crippen LogP contribution in [0.4, 0.5) is 4.79 Å². The molecule has 1 atom stereocenters. The second kappa shape index (κ2) is 6.35. The number of hydrogen-bond acceptors (Lipinski definition) is 5. The van der Waals surface area contributed by atoms with Crippen molar-refractivity contribution in [2.24, 2.45) is 17.3 Å². The van der Waals surface area contributed by atoms with E-state index in [1.54, 1.807) is 6.92 Å². The van der Waals surface area contributed by atoms with Gasteiger partial charge in [0.2, 0.25) is 5.89 Å². The number of carbonyl (C=O) groups is 1. The fourth-order valence-electron chi connectivity index (χ4n) is 3.90. The van der Waals surface area contributed by atoms with Crippen molar-refractivity contribution in [2.45, 2.75) is 51.5 Å². The van der Waals surface area contributed by atoms with E-state index in [0.29, 0.717) is 30.3 Å². The van der Waals surface area contributed by atoms with Gasteiger partial charge < -0.3 is 19.9 Å². The molecule has 2 N–H and O–H groups in total. The Balaban J connectivity index is 1.38. The smallest absolute Gasteiger partial charge is 0.315 e. The molecule has 3 aliphatic rings. The molecule has 24 heavy (non-hydrogen) atoms. The first-order valence-electron chi connectivity index (χ1n) is 9.09. The Bertz CT molecular complexity index is 588. The molecular formula is C17H26N4O3. The van der Waals surface area contributed by atoms with Crippen molar-refractivity contribution in [2.75, 3.05) is 19.8 Å². The highest BCUT2D eigenvalue weighted by Gasteiger charge is 2.53. The summed E-state index contributed by atoms with van der Waals surface area (Å²) < 4.78 is 10.8. The summed E-state index contributed by atoms with van der Waals surface area (Å²) in [6.07, 6.45) is 6.94. The number of amides is 2. The first-order chi connectivity index (χ1) is 11.7. The van der Waals surface area contributed by atoms with Gasteiger partial charge in [0, 0.05) is 19.8 Å². The van der Waals surface area contributed by atoms with Gasteiger partial charge in [-0.2, -0.15) is 4.98 Å². The fourth-order valence-corrected chi connectivity index (χ4v) is 3.90. The molecule has 7 heteroatoms. The molecule has 1 aromatic rings. The summed E-state index contributed by atoms with van der Waals surface area (Å²) in [5.41, 5.74) is 0.395. The van der Waals surface area contributed by atoms with E-state index >= 15 is 0 Å². The van der Waals surface area contributed by atoms with Crippen LogP contribution in [0.5, 0.6) is 0 Å². The third kappa shape index (κ3) is 3.41. The predicted molar refractivity (Wildman–Crippen MR) is 86.2 cm³/mol. The maximum absolute atomic E-state index is 12.5. The van der Waals surface area contributed by atoms with E-state index < -0.39 is 0 Å². The van der Waals surface area contributed by atoms with E-state index in [2.05, 4.69) is 20.8 Å². The minimum Gasteiger partial charge on any atom is -0.381 e. The van der Waals surface area contributed by atoms with Crippen LogP contribution in [0.2, 0.25) is 0 Å². The van der Waals surface area contributed by atoms with Crippen molar-refractivity contribution in [1.82, 2.24) is 20.8 Å². The molecule has 132 valence electrons. The third-order valence-corrected chi connectivity index (χ3v) is 5.77. The van der Waals surface area contributed by atoms with Crippen molar-refractivity contribution in [3.63, 3.8) is 0 Å². The lowest BCUT2D eigenvalue weighted by Crippen LogP contribution is -2.44. The molecule has 0 radical (unpaired) electrons. The van der Waals surface area contributed by atoms with E-state index in [1.165, 1.54) is 25.7 Å². The van der Waals surface area contributed by atoms with Crippen molar-refractivity contribution in [1.29, 1.82) is 0 Å². The van der Waals surface area contributed by atoms with Gasteiger partial charge in [-0.25, -0.2) is 4.79 Å². The number of aromatic nitrogens is 2. The highest BCUT2D eigenvalue weighted by atomic mass is 16.5. The molecule has 3 fully saturated rings. The van der Waals surface area contributed by atoms with Crippen molar-refractivity contribution in [3.8, 4) is 0 Å². The summed E-state index contributed by atoms with van der Waals surface area (Å²) in [4.78, 5) is 16.8. The van der Waals surface area contributed by atoms with Crippen molar-refractivity contribution >= 4 is 6.03 Å². The van der Waals surface area contributed by atoms with Gasteiger partial charge in [0.05, 0.1) is 0 Å². The number of rotatable bonds is 6. The monoisotopic (exact) mass is 334 g/mol. The van der Waals surface area contributed by atoms with Crippen LogP contribution in [0.15, 0.2) is 4.52 Å². The Hall–Kier alpha value is -1.63. The molecule has 1 aliphatic heterocycles. The topological polar surface area (TPSA) is 89.3 Å². The second-order valence-electron chi connectivity index (χ2n) is 7.57. The SMILES string of the molecule is Cc1noc(C(NC(=O)NCC2(C3CC3)CC2)C2CCOCC2)n1. The number of carbonyl (C=O) groups excluding carboxylic acids is 1. The molecule has 2 aliphatic carbocycles. The zero-order chi connectivity index (χ0) is 16.6. The molecule has 0 bridgehead atoms. The maximum atomic E-state index is 12.5. The van der Waals surface area contributed by atoms with Crippen LogP contribution < -0.4 is 10.6 Å². The molecule has 2 amide bonds. The van der Waals surface area contributed by atoms with Crippen LogP contribution in [0.1, 0.15) is 56.3 Å². The number of ether oxygens (including phenoxy) is 1. The molecule has 7 nitrogen and oxygen atoms in total. The molecule has 1 saturated heterocycles. The summed E-state index contributed by atoms with van der Waals surface area (Å²) in [6, 6.07) is -0.375. The standard InChI is InChI=1S/C17H26N4O3/c1-11-19-15(24-21-11)14(12-4-8-23-9-5-12)20-16(22)18-10-17(6-7-17)13-2-3-13/h12-14H,2-10H2,1H3,(H2,18,20,22).